The molecule has 1 aliphatic carbocycles. The molecule has 10 nitrogen and oxygen atoms in total. The quantitative estimate of drug-likeness (QED) is 0.506. The van der Waals surface area contributed by atoms with Crippen LogP contribution in [0.2, 0.25) is 0 Å². The molecular weight excluding hydrogens is 498 g/mol. The van der Waals surface area contributed by atoms with Crippen molar-refractivity contribution in [2.75, 3.05) is 51.3 Å². The van der Waals surface area contributed by atoms with E-state index in [1.54, 1.807) is 30.0 Å². The molecule has 2 aromatic rings. The average Bonchev–Trinajstić information content (AvgIpc) is 3.74. The van der Waals surface area contributed by atoms with Crippen molar-refractivity contribution in [1.82, 2.24) is 25.0 Å². The molecule has 2 aliphatic heterocycles. The highest BCUT2D eigenvalue weighted by atomic mass is 19.3. The van der Waals surface area contributed by atoms with Gasteiger partial charge < -0.3 is 19.8 Å². The maximum Gasteiger partial charge on any atom is 0.257 e. The van der Waals surface area contributed by atoms with E-state index in [0.717, 1.165) is 0 Å². The second-order valence-corrected chi connectivity index (χ2v) is 10.4. The summed E-state index contributed by atoms with van der Waals surface area (Å²) >= 11 is 0. The minimum atomic E-state index is -2.97. The number of H-pyrrole nitrogens is 1. The van der Waals surface area contributed by atoms with E-state index in [1.165, 1.54) is 19.0 Å². The number of morpholine rings is 1. The first kappa shape index (κ1) is 26.6. The summed E-state index contributed by atoms with van der Waals surface area (Å²) in [5.74, 6) is -3.22. The summed E-state index contributed by atoms with van der Waals surface area (Å²) in [6, 6.07) is 4.18. The van der Waals surface area contributed by atoms with E-state index in [1.807, 2.05) is 0 Å². The molecular formula is C26H34F2N6O4. The number of rotatable bonds is 9. The third-order valence-electron chi connectivity index (χ3n) is 7.54. The van der Waals surface area contributed by atoms with Crippen molar-refractivity contribution < 1.29 is 23.0 Å². The van der Waals surface area contributed by atoms with E-state index < -0.39 is 17.9 Å². The highest BCUT2D eigenvalue weighted by Crippen LogP contribution is 2.40. The van der Waals surface area contributed by atoms with Gasteiger partial charge in [-0.1, -0.05) is 0 Å². The summed E-state index contributed by atoms with van der Waals surface area (Å²) in [6.07, 6.45) is 3.32. The van der Waals surface area contributed by atoms with Gasteiger partial charge in [0.15, 0.2) is 5.82 Å². The van der Waals surface area contributed by atoms with Gasteiger partial charge in [0.1, 0.15) is 0 Å². The molecule has 1 amide bonds. The van der Waals surface area contributed by atoms with E-state index in [-0.39, 0.29) is 36.8 Å². The van der Waals surface area contributed by atoms with E-state index in [0.29, 0.717) is 62.4 Å². The molecule has 0 aromatic carbocycles. The number of hydrogen-bond acceptors (Lipinski definition) is 8. The molecule has 12 heteroatoms. The summed E-state index contributed by atoms with van der Waals surface area (Å²) < 4.78 is 41.1. The number of anilines is 1. The zero-order valence-electron chi connectivity index (χ0n) is 21.5. The Morgan fingerprint density at radius 2 is 2.05 bits per heavy atom. The van der Waals surface area contributed by atoms with Crippen molar-refractivity contribution in [2.24, 2.45) is 5.92 Å². The molecule has 0 radical (unpaired) electrons. The zero-order valence-corrected chi connectivity index (χ0v) is 21.5. The first-order chi connectivity index (χ1) is 18.3. The van der Waals surface area contributed by atoms with Gasteiger partial charge in [-0.05, 0) is 43.4 Å². The van der Waals surface area contributed by atoms with Gasteiger partial charge in [0, 0.05) is 57.0 Å². The third-order valence-corrected chi connectivity index (χ3v) is 7.54. The number of nitrogens with one attached hydrogen (secondary N) is 2. The van der Waals surface area contributed by atoms with E-state index in [9.17, 15) is 9.59 Å². The Morgan fingerprint density at radius 3 is 2.76 bits per heavy atom. The predicted molar refractivity (Wildman–Crippen MR) is 135 cm³/mol. The molecule has 0 bridgehead atoms. The molecule has 2 aromatic heterocycles. The van der Waals surface area contributed by atoms with Crippen molar-refractivity contribution >= 4 is 11.7 Å². The van der Waals surface area contributed by atoms with Crippen molar-refractivity contribution in [3.8, 4) is 5.88 Å². The number of alkyl halides is 2. The normalized spacial score (nSPS) is 23.1. The van der Waals surface area contributed by atoms with Crippen LogP contribution in [0, 0.1) is 5.92 Å². The molecule has 5 rings (SSSR count). The number of amides is 1. The first-order valence-corrected chi connectivity index (χ1v) is 13.2. The molecule has 0 spiro atoms. The Kier molecular flexibility index (Phi) is 8.01. The maximum atomic E-state index is 15.1. The van der Waals surface area contributed by atoms with Crippen LogP contribution >= 0.6 is 0 Å². The first-order valence-electron chi connectivity index (χ1n) is 13.2. The van der Waals surface area contributed by atoms with Gasteiger partial charge in [0.2, 0.25) is 11.8 Å². The molecule has 2 saturated heterocycles. The fraction of sp³-hybridized carbons (Fsp3) is 0.615. The molecule has 38 heavy (non-hydrogen) atoms. The minimum Gasteiger partial charge on any atom is -0.476 e. The number of ether oxygens (including phenoxy) is 2. The van der Waals surface area contributed by atoms with Gasteiger partial charge >= 0.3 is 0 Å². The second-order valence-electron chi connectivity index (χ2n) is 10.4. The summed E-state index contributed by atoms with van der Waals surface area (Å²) in [4.78, 5) is 31.8. The Balaban J connectivity index is 1.23. The number of halogens is 2. The fourth-order valence-corrected chi connectivity index (χ4v) is 4.84. The third kappa shape index (κ3) is 6.54. The van der Waals surface area contributed by atoms with Crippen LogP contribution in [-0.4, -0.2) is 88.9 Å². The second kappa shape index (κ2) is 11.4. The molecule has 206 valence electrons. The SMILES string of the molecule is C[C@@H](C(=O)Nc1ccc(OCC2CC2)nn1)N1CCC(F)(F)[C@@H](c2c[nH]c(=O)c(CN3CCOCC3)c2)C1. The fourth-order valence-electron chi connectivity index (χ4n) is 4.84. The summed E-state index contributed by atoms with van der Waals surface area (Å²) in [5.41, 5.74) is 0.531. The largest absolute Gasteiger partial charge is 0.476 e. The number of piperidine rings is 1. The van der Waals surface area contributed by atoms with Gasteiger partial charge in [0.05, 0.1) is 31.8 Å². The predicted octanol–water partition coefficient (Wildman–Crippen LogP) is 2.24. The van der Waals surface area contributed by atoms with Gasteiger partial charge in [-0.15, -0.1) is 10.2 Å². The monoisotopic (exact) mass is 532 g/mol. The summed E-state index contributed by atoms with van der Waals surface area (Å²) in [7, 11) is 0. The van der Waals surface area contributed by atoms with Crippen LogP contribution in [-0.2, 0) is 16.1 Å². The minimum absolute atomic E-state index is 0.0236. The van der Waals surface area contributed by atoms with Gasteiger partial charge in [-0.3, -0.25) is 19.4 Å². The Morgan fingerprint density at radius 1 is 1.26 bits per heavy atom. The van der Waals surface area contributed by atoms with Crippen LogP contribution in [0.25, 0.3) is 0 Å². The van der Waals surface area contributed by atoms with Crippen LogP contribution in [0.1, 0.15) is 43.2 Å². The number of nitrogens with zero attached hydrogens (tertiary/aromatic N) is 4. The molecule has 0 unspecified atom stereocenters. The van der Waals surface area contributed by atoms with Gasteiger partial charge in [-0.25, -0.2) is 8.78 Å². The molecule has 2 N–H and O–H groups in total. The molecule has 1 saturated carbocycles. The van der Waals surface area contributed by atoms with Crippen molar-refractivity contribution in [3.63, 3.8) is 0 Å². The lowest BCUT2D eigenvalue weighted by atomic mass is 9.86. The summed E-state index contributed by atoms with van der Waals surface area (Å²) in [5, 5.41) is 10.7. The lowest BCUT2D eigenvalue weighted by Crippen LogP contribution is -2.52. The van der Waals surface area contributed by atoms with E-state index in [4.69, 9.17) is 9.47 Å². The lowest BCUT2D eigenvalue weighted by molar-refractivity contribution is -0.125. The number of pyridine rings is 1. The molecule has 2 atom stereocenters. The van der Waals surface area contributed by atoms with Crippen LogP contribution in [0.4, 0.5) is 14.6 Å². The number of aromatic nitrogens is 3. The van der Waals surface area contributed by atoms with Crippen molar-refractivity contribution in [2.45, 2.75) is 50.6 Å². The number of aromatic amines is 1. The highest BCUT2D eigenvalue weighted by Gasteiger charge is 2.46. The number of likely N-dealkylation sites (tertiary alicyclic amines) is 1. The van der Waals surface area contributed by atoms with E-state index >= 15 is 8.78 Å². The van der Waals surface area contributed by atoms with Crippen LogP contribution in [0.3, 0.4) is 0 Å². The van der Waals surface area contributed by atoms with Gasteiger partial charge in [-0.2, -0.15) is 0 Å². The zero-order chi connectivity index (χ0) is 26.7. The smallest absolute Gasteiger partial charge is 0.257 e. The molecule has 4 heterocycles. The topological polar surface area (TPSA) is 113 Å². The Hall–Kier alpha value is -2.96. The Labute approximate surface area is 219 Å². The standard InChI is InChI=1S/C26H34F2N6O4/c1-17(24(35)30-22-4-5-23(32-31-22)38-16-18-2-3-18)34-7-6-26(27,28)21(15-34)19-12-20(25(36)29-13-19)14-33-8-10-37-11-9-33/h4-5,12-13,17-18,21H,2-3,6-11,14-16H2,1H3,(H,29,36)(H,30,31,35)/t17-,21+/m0/s1. The van der Waals surface area contributed by atoms with Crippen LogP contribution in [0.15, 0.2) is 29.2 Å². The average molecular weight is 533 g/mol. The summed E-state index contributed by atoms with van der Waals surface area (Å²) in [6.45, 7) is 5.25. The molecule has 3 fully saturated rings. The van der Waals surface area contributed by atoms with Gasteiger partial charge in [0.25, 0.3) is 11.5 Å². The highest BCUT2D eigenvalue weighted by molar-refractivity contribution is 5.93. The van der Waals surface area contributed by atoms with Crippen LogP contribution < -0.4 is 15.6 Å². The number of carbonyl (C=O) groups excluding carboxylic acids is 1. The Bertz CT molecular complexity index is 1170. The number of carbonyl (C=O) groups is 1. The maximum absolute atomic E-state index is 15.1. The lowest BCUT2D eigenvalue weighted by Gasteiger charge is -2.40. The molecule has 3 aliphatic rings. The van der Waals surface area contributed by atoms with Crippen molar-refractivity contribution in [1.29, 1.82) is 0 Å². The van der Waals surface area contributed by atoms with E-state index in [2.05, 4.69) is 25.4 Å². The van der Waals surface area contributed by atoms with Crippen molar-refractivity contribution in [3.05, 3.63) is 45.9 Å². The number of hydrogen-bond donors (Lipinski definition) is 2. The van der Waals surface area contributed by atoms with Crippen LogP contribution in [0.5, 0.6) is 5.88 Å².